The Morgan fingerprint density at radius 1 is 0.435 bits per heavy atom. The van der Waals surface area contributed by atoms with Crippen molar-refractivity contribution in [2.75, 3.05) is 11.5 Å². The van der Waals surface area contributed by atoms with Crippen LogP contribution in [0.15, 0.2) is 30.3 Å². The van der Waals surface area contributed by atoms with Crippen molar-refractivity contribution in [3.8, 4) is 0 Å². The van der Waals surface area contributed by atoms with E-state index in [1.165, 1.54) is 0 Å². The summed E-state index contributed by atoms with van der Waals surface area (Å²) in [6.07, 6.45) is -42.7. The first-order chi connectivity index (χ1) is 20.1. The third kappa shape index (κ3) is 4.79. The molecule has 3 aromatic rings. The molecule has 0 amide bonds. The van der Waals surface area contributed by atoms with E-state index in [-0.39, 0.29) is 18.2 Å². The van der Waals surface area contributed by atoms with Gasteiger partial charge < -0.3 is 26.8 Å². The van der Waals surface area contributed by atoms with Gasteiger partial charge in [0, 0.05) is 28.1 Å². The molecule has 0 heterocycles. The smallest absolute Gasteiger partial charge is 0.398 e. The molecule has 3 rings (SSSR count). The molecule has 0 atom stereocenters. The fraction of sp³-hybridized carbons (Fsp3) is 0.391. The van der Waals surface area contributed by atoms with Gasteiger partial charge in [0.05, 0.1) is 0 Å². The van der Waals surface area contributed by atoms with Crippen molar-refractivity contribution in [3.05, 3.63) is 47.0 Å². The quantitative estimate of drug-likeness (QED) is 0.114. The molecular weight excluding hydrogens is 694 g/mol. The van der Waals surface area contributed by atoms with E-state index in [1.807, 2.05) is 0 Å². The fourth-order valence-electron chi connectivity index (χ4n) is 4.76. The molecule has 23 heteroatoms. The van der Waals surface area contributed by atoms with Crippen LogP contribution in [0, 0.1) is 0 Å². The molecule has 0 spiro atoms. The molecule has 3 aromatic carbocycles. The normalized spacial score (nSPS) is 15.2. The maximum Gasteiger partial charge on any atom is 0.430 e. The maximum absolute atomic E-state index is 14.0. The number of halogens is 18. The van der Waals surface area contributed by atoms with Gasteiger partial charge in [0.1, 0.15) is 0 Å². The lowest BCUT2D eigenvalue weighted by Crippen LogP contribution is -2.56. The number of aliphatic hydroxyl groups is 3. The zero-order valence-corrected chi connectivity index (χ0v) is 21.2. The van der Waals surface area contributed by atoms with Gasteiger partial charge in [-0.15, -0.1) is 0 Å². The molecule has 0 fully saturated rings. The summed E-state index contributed by atoms with van der Waals surface area (Å²) in [6, 6.07) is -0.315. The maximum atomic E-state index is 14.0. The monoisotopic (exact) mass is 706 g/mol. The van der Waals surface area contributed by atoms with Crippen LogP contribution in [0.1, 0.15) is 16.7 Å². The Balaban J connectivity index is 2.98. The highest BCUT2D eigenvalue weighted by Crippen LogP contribution is 2.60. The highest BCUT2D eigenvalue weighted by atomic mass is 19.4. The summed E-state index contributed by atoms with van der Waals surface area (Å²) < 4.78 is 250. The van der Waals surface area contributed by atoms with Crippen molar-refractivity contribution >= 4 is 32.9 Å². The summed E-state index contributed by atoms with van der Waals surface area (Å²) in [4.78, 5) is 0. The number of fused-ring (bicyclic) bond motifs is 3. The van der Waals surface area contributed by atoms with Crippen molar-refractivity contribution in [2.24, 2.45) is 0 Å². The van der Waals surface area contributed by atoms with E-state index < -0.39 is 110 Å². The Hall–Kier alpha value is -3.60. The first kappa shape index (κ1) is 36.9. The summed E-state index contributed by atoms with van der Waals surface area (Å²) in [6.45, 7) is 0. The van der Waals surface area contributed by atoms with E-state index in [2.05, 4.69) is 0 Å². The van der Waals surface area contributed by atoms with Crippen molar-refractivity contribution < 1.29 is 94.3 Å². The van der Waals surface area contributed by atoms with Gasteiger partial charge in [-0.2, -0.15) is 79.0 Å². The molecule has 5 nitrogen and oxygen atoms in total. The predicted molar refractivity (Wildman–Crippen MR) is 118 cm³/mol. The van der Waals surface area contributed by atoms with E-state index >= 15 is 0 Å². The van der Waals surface area contributed by atoms with Gasteiger partial charge in [-0.05, 0) is 33.7 Å². The topological polar surface area (TPSA) is 113 Å². The Kier molecular flexibility index (Phi) is 7.98. The van der Waals surface area contributed by atoms with Crippen LogP contribution < -0.4 is 11.5 Å². The molecule has 0 saturated carbocycles. The Bertz CT molecular complexity index is 1640. The lowest BCUT2D eigenvalue weighted by atomic mass is 9.77. The number of hydrogen-bond acceptors (Lipinski definition) is 5. The molecule has 0 radical (unpaired) electrons. The van der Waals surface area contributed by atoms with Crippen LogP contribution in [0.3, 0.4) is 0 Å². The number of hydrogen-bond donors (Lipinski definition) is 5. The van der Waals surface area contributed by atoms with Crippen LogP contribution in [0.2, 0.25) is 0 Å². The van der Waals surface area contributed by atoms with Crippen LogP contribution in [-0.4, -0.2) is 52.4 Å². The minimum absolute atomic E-state index is 0.0873. The molecule has 0 aliphatic carbocycles. The van der Waals surface area contributed by atoms with Crippen LogP contribution in [-0.2, 0) is 16.8 Å². The third-order valence-corrected chi connectivity index (χ3v) is 6.95. The van der Waals surface area contributed by atoms with E-state index in [0.29, 0.717) is 6.07 Å². The molecule has 0 aliphatic heterocycles. The number of benzene rings is 3. The second kappa shape index (κ2) is 9.95. The molecule has 7 N–H and O–H groups in total. The average Bonchev–Trinajstić information content (AvgIpc) is 2.82. The predicted octanol–water partition coefficient (Wildman–Crippen LogP) is 7.09. The fourth-order valence-corrected chi connectivity index (χ4v) is 4.76. The average molecular weight is 706 g/mol. The van der Waals surface area contributed by atoms with Gasteiger partial charge in [-0.1, -0.05) is 18.2 Å². The second-order valence-corrected chi connectivity index (χ2v) is 9.62. The zero-order valence-electron chi connectivity index (χ0n) is 21.2. The van der Waals surface area contributed by atoms with E-state index in [9.17, 15) is 94.3 Å². The number of alkyl halides is 18. The standard InChI is InChI=1S/C23H12F18N2O3/c24-18(25,26)15(44,19(27,28)29)9-5-8-7(12(14(9)43)16(45,20(30,31)32)21(33,34)35)3-1-6-2-4-10(42)13(11(6)8)17(46,22(36,37)38)23(39,40)41/h1-5,44-46H,42-43H2. The van der Waals surface area contributed by atoms with Crippen LogP contribution in [0.4, 0.5) is 90.4 Å². The van der Waals surface area contributed by atoms with Crippen molar-refractivity contribution in [1.29, 1.82) is 0 Å². The highest BCUT2D eigenvalue weighted by molar-refractivity contribution is 6.13. The van der Waals surface area contributed by atoms with Gasteiger partial charge in [0.25, 0.3) is 16.8 Å². The highest BCUT2D eigenvalue weighted by Gasteiger charge is 2.76. The summed E-state index contributed by atoms with van der Waals surface area (Å²) in [5.74, 6) is 0. The summed E-state index contributed by atoms with van der Waals surface area (Å²) in [5, 5.41) is 22.3. The Labute approximate surface area is 240 Å². The Morgan fingerprint density at radius 3 is 1.15 bits per heavy atom. The lowest BCUT2D eigenvalue weighted by molar-refractivity contribution is -0.377. The van der Waals surface area contributed by atoms with E-state index in [4.69, 9.17) is 11.5 Å². The minimum atomic E-state index is -7.20. The van der Waals surface area contributed by atoms with Gasteiger partial charge in [-0.3, -0.25) is 0 Å². The molecule has 0 unspecified atom stereocenters. The number of anilines is 2. The Morgan fingerprint density at radius 2 is 0.783 bits per heavy atom. The van der Waals surface area contributed by atoms with Crippen LogP contribution in [0.5, 0.6) is 0 Å². The lowest BCUT2D eigenvalue weighted by Gasteiger charge is -2.38. The summed E-state index contributed by atoms with van der Waals surface area (Å²) in [5.41, 5.74) is -23.2. The molecule has 258 valence electrons. The van der Waals surface area contributed by atoms with Gasteiger partial charge in [0.2, 0.25) is 0 Å². The molecule has 0 bridgehead atoms. The van der Waals surface area contributed by atoms with E-state index in [1.54, 1.807) is 0 Å². The van der Waals surface area contributed by atoms with Crippen LogP contribution >= 0.6 is 0 Å². The van der Waals surface area contributed by atoms with Crippen molar-refractivity contribution in [1.82, 2.24) is 0 Å². The third-order valence-electron chi connectivity index (χ3n) is 6.95. The number of rotatable bonds is 3. The SMILES string of the molecule is Nc1ccc2ccc3c(C(O)(C(F)(F)F)C(F)(F)F)c(N)c(C(O)(C(F)(F)F)C(F)(F)F)cc3c2c1C(O)(C(F)(F)F)C(F)(F)F. The van der Waals surface area contributed by atoms with Crippen molar-refractivity contribution in [3.63, 3.8) is 0 Å². The van der Waals surface area contributed by atoms with Gasteiger partial charge in [-0.25, -0.2) is 0 Å². The summed E-state index contributed by atoms with van der Waals surface area (Å²) >= 11 is 0. The van der Waals surface area contributed by atoms with Crippen molar-refractivity contribution in [2.45, 2.75) is 53.9 Å². The second-order valence-electron chi connectivity index (χ2n) is 9.62. The van der Waals surface area contributed by atoms with Gasteiger partial charge >= 0.3 is 37.1 Å². The van der Waals surface area contributed by atoms with Crippen LogP contribution in [0.25, 0.3) is 21.5 Å². The number of nitrogens with two attached hydrogens (primary N) is 2. The molecule has 0 saturated heterocycles. The zero-order chi connectivity index (χ0) is 36.2. The molecule has 46 heavy (non-hydrogen) atoms. The summed E-state index contributed by atoms with van der Waals surface area (Å²) in [7, 11) is 0. The first-order valence-electron chi connectivity index (χ1n) is 11.3. The van der Waals surface area contributed by atoms with E-state index in [0.717, 1.165) is 0 Å². The first-order valence-corrected chi connectivity index (χ1v) is 11.3. The molecule has 0 aromatic heterocycles. The molecule has 0 aliphatic rings. The van der Waals surface area contributed by atoms with Gasteiger partial charge in [0.15, 0.2) is 0 Å². The minimum Gasteiger partial charge on any atom is -0.398 e. The molecular formula is C23H12F18N2O3. The number of nitrogen functional groups attached to an aromatic ring is 2. The largest absolute Gasteiger partial charge is 0.430 e.